The van der Waals surface area contributed by atoms with Gasteiger partial charge in [0.25, 0.3) is 0 Å². The van der Waals surface area contributed by atoms with Crippen LogP contribution in [0.25, 0.3) is 0 Å². The molecule has 3 aliphatic rings. The first kappa shape index (κ1) is 32.7. The first-order valence-corrected chi connectivity index (χ1v) is 14.8. The fourth-order valence-electron chi connectivity index (χ4n) is 5.46. The molecule has 5 atom stereocenters. The van der Waals surface area contributed by atoms with Crippen LogP contribution in [0.5, 0.6) is 0 Å². The van der Waals surface area contributed by atoms with Crippen LogP contribution in [0.3, 0.4) is 0 Å². The molecule has 2 fully saturated rings. The largest absolute Gasteiger partial charge is 0.479 e. The maximum absolute atomic E-state index is 13.9. The van der Waals surface area contributed by atoms with Crippen molar-refractivity contribution < 1.29 is 42.9 Å². The van der Waals surface area contributed by atoms with Crippen molar-refractivity contribution in [2.75, 3.05) is 6.54 Å². The van der Waals surface area contributed by atoms with Gasteiger partial charge in [-0.05, 0) is 58.6 Å². The molecule has 240 valence electrons. The van der Waals surface area contributed by atoms with E-state index in [2.05, 4.69) is 20.9 Å². The Bertz CT molecular complexity index is 1280. The number of ether oxygens (including phenoxy) is 2. The summed E-state index contributed by atoms with van der Waals surface area (Å²) in [5.41, 5.74) is -1.91. The molecule has 0 spiro atoms. The molecule has 1 aliphatic carbocycles. The van der Waals surface area contributed by atoms with E-state index in [0.29, 0.717) is 18.5 Å². The van der Waals surface area contributed by atoms with Gasteiger partial charge in [-0.15, -0.1) is 0 Å². The van der Waals surface area contributed by atoms with Crippen molar-refractivity contribution in [3.8, 4) is 0 Å². The van der Waals surface area contributed by atoms with E-state index in [1.807, 2.05) is 12.2 Å². The Morgan fingerprint density at radius 3 is 2.64 bits per heavy atom. The number of amides is 4. The summed E-state index contributed by atoms with van der Waals surface area (Å²) in [5, 5.41) is 17.8. The summed E-state index contributed by atoms with van der Waals surface area (Å²) < 4.78 is 24.0. The van der Waals surface area contributed by atoms with Gasteiger partial charge < -0.3 is 35.4 Å². The van der Waals surface area contributed by atoms with E-state index in [1.165, 1.54) is 17.0 Å². The molecule has 0 bridgehead atoms. The molecule has 0 aromatic carbocycles. The van der Waals surface area contributed by atoms with E-state index >= 15 is 0 Å². The Balaban J connectivity index is 1.53. The maximum Gasteiger partial charge on any atom is 0.408 e. The fraction of sp³-hybridized carbons (Fsp3) is 0.600. The second-order valence-corrected chi connectivity index (χ2v) is 12.4. The number of hydrogen-bond acceptors (Lipinski definition) is 8. The lowest BCUT2D eigenvalue weighted by Gasteiger charge is -2.30. The summed E-state index contributed by atoms with van der Waals surface area (Å²) in [6.45, 7) is 4.89. The molecular formula is C30H40FN5O8. The third-order valence-electron chi connectivity index (χ3n) is 7.79. The van der Waals surface area contributed by atoms with Crippen molar-refractivity contribution in [1.29, 1.82) is 0 Å². The van der Waals surface area contributed by atoms with Crippen LogP contribution in [0.15, 0.2) is 30.5 Å². The molecule has 13 nitrogen and oxygen atoms in total. The zero-order valence-corrected chi connectivity index (χ0v) is 25.1. The van der Waals surface area contributed by atoms with Gasteiger partial charge in [0.05, 0.1) is 25.0 Å². The Morgan fingerprint density at radius 2 is 1.95 bits per heavy atom. The number of rotatable bonds is 5. The number of alkyl carbamates (subject to hydrolysis) is 2. The summed E-state index contributed by atoms with van der Waals surface area (Å²) in [4.78, 5) is 70.2. The number of halogens is 1. The molecule has 2 aliphatic heterocycles. The molecule has 1 saturated carbocycles. The lowest BCUT2D eigenvalue weighted by Crippen LogP contribution is -2.56. The molecule has 44 heavy (non-hydrogen) atoms. The van der Waals surface area contributed by atoms with Gasteiger partial charge in [-0.25, -0.2) is 18.8 Å². The third-order valence-corrected chi connectivity index (χ3v) is 7.79. The summed E-state index contributed by atoms with van der Waals surface area (Å²) in [6, 6.07) is 0.420. The number of aliphatic carboxylic acids is 1. The maximum atomic E-state index is 13.9. The number of nitrogens with one attached hydrogen (secondary N) is 3. The summed E-state index contributed by atoms with van der Waals surface area (Å²) >= 11 is 0. The van der Waals surface area contributed by atoms with Crippen LogP contribution in [0.2, 0.25) is 0 Å². The SMILES string of the molecule is CC(C)(C)OC(=O)N[C@H]1CCCCC/C=C\[C@H]2C[C@@]2(C(=O)O)NC(=O)[C@@H]2C[C@@H](OC(=O)NCc3ccc(F)cn3)CN2C1=O. The topological polar surface area (TPSA) is 176 Å². The number of carbonyl (C=O) groups is 5. The highest BCUT2D eigenvalue weighted by Gasteiger charge is 2.61. The highest BCUT2D eigenvalue weighted by Crippen LogP contribution is 2.45. The number of allylic oxidation sites excluding steroid dienone is 1. The average molecular weight is 618 g/mol. The van der Waals surface area contributed by atoms with Crippen LogP contribution in [0.4, 0.5) is 14.0 Å². The standard InChI is InChI=1S/C30H40FN5O8/c1-29(2,3)44-28(42)34-22-10-8-6-4-5-7-9-18-14-30(18,26(39)40)35-24(37)23-13-21(17-36(23)25(22)38)43-27(41)33-16-20-12-11-19(31)15-32-20/h7,9,11-12,15,18,21-23H,4-6,8,10,13-14,16-17H2,1-3H3,(H,33,41)(H,34,42)(H,35,37)(H,39,40)/b9-7-/t18-,21+,22-,23-,30+/m0/s1. The minimum absolute atomic E-state index is 0.0453. The van der Waals surface area contributed by atoms with Gasteiger partial charge >= 0.3 is 18.2 Å². The van der Waals surface area contributed by atoms with Crippen molar-refractivity contribution in [1.82, 2.24) is 25.8 Å². The molecule has 4 amide bonds. The summed E-state index contributed by atoms with van der Waals surface area (Å²) in [6.07, 6.45) is 5.49. The number of nitrogens with zero attached hydrogens (tertiary/aromatic N) is 2. The van der Waals surface area contributed by atoms with Crippen LogP contribution in [-0.2, 0) is 30.4 Å². The quantitative estimate of drug-likeness (QED) is 0.362. The van der Waals surface area contributed by atoms with E-state index in [9.17, 15) is 33.5 Å². The number of carbonyl (C=O) groups excluding carboxylic acids is 4. The number of hydrogen-bond donors (Lipinski definition) is 4. The lowest BCUT2D eigenvalue weighted by molar-refractivity contribution is -0.145. The second-order valence-electron chi connectivity index (χ2n) is 12.4. The van der Waals surface area contributed by atoms with Crippen LogP contribution in [0, 0.1) is 11.7 Å². The third kappa shape index (κ3) is 8.44. The van der Waals surface area contributed by atoms with Gasteiger partial charge in [0.2, 0.25) is 11.8 Å². The van der Waals surface area contributed by atoms with E-state index in [1.54, 1.807) is 20.8 Å². The minimum atomic E-state index is -1.49. The van der Waals surface area contributed by atoms with Gasteiger partial charge in [0.15, 0.2) is 0 Å². The Labute approximate surface area is 254 Å². The van der Waals surface area contributed by atoms with Crippen LogP contribution < -0.4 is 16.0 Å². The molecule has 14 heteroatoms. The molecule has 0 unspecified atom stereocenters. The molecule has 3 heterocycles. The Hall–Kier alpha value is -4.23. The van der Waals surface area contributed by atoms with Crippen molar-refractivity contribution in [2.24, 2.45) is 5.92 Å². The van der Waals surface area contributed by atoms with Gasteiger partial charge in [0.1, 0.15) is 35.1 Å². The molecule has 1 saturated heterocycles. The minimum Gasteiger partial charge on any atom is -0.479 e. The Kier molecular flexibility index (Phi) is 10.1. The van der Waals surface area contributed by atoms with Crippen molar-refractivity contribution >= 4 is 30.0 Å². The number of fused-ring (bicyclic) bond motifs is 2. The van der Waals surface area contributed by atoms with Gasteiger partial charge in [-0.1, -0.05) is 25.0 Å². The Morgan fingerprint density at radius 1 is 1.18 bits per heavy atom. The van der Waals surface area contributed by atoms with Crippen LogP contribution in [0.1, 0.15) is 71.4 Å². The smallest absolute Gasteiger partial charge is 0.408 e. The molecule has 4 rings (SSSR count). The highest BCUT2D eigenvalue weighted by molar-refractivity contribution is 5.96. The first-order valence-electron chi connectivity index (χ1n) is 14.8. The highest BCUT2D eigenvalue weighted by atomic mass is 19.1. The molecule has 0 radical (unpaired) electrons. The molecule has 4 N–H and O–H groups in total. The summed E-state index contributed by atoms with van der Waals surface area (Å²) in [7, 11) is 0. The predicted molar refractivity (Wildman–Crippen MR) is 153 cm³/mol. The molecular weight excluding hydrogens is 577 g/mol. The van der Waals surface area contributed by atoms with E-state index in [-0.39, 0.29) is 38.3 Å². The number of aromatic nitrogens is 1. The average Bonchev–Trinajstić information content (AvgIpc) is 3.48. The second kappa shape index (κ2) is 13.6. The van der Waals surface area contributed by atoms with Crippen LogP contribution >= 0.6 is 0 Å². The number of carboxylic acids is 1. The van der Waals surface area contributed by atoms with Crippen molar-refractivity contribution in [3.63, 3.8) is 0 Å². The molecule has 1 aromatic heterocycles. The van der Waals surface area contributed by atoms with E-state index in [4.69, 9.17) is 9.47 Å². The fourth-order valence-corrected chi connectivity index (χ4v) is 5.46. The van der Waals surface area contributed by atoms with Gasteiger partial charge in [-0.3, -0.25) is 14.6 Å². The summed E-state index contributed by atoms with van der Waals surface area (Å²) in [5.74, 6) is -3.34. The van der Waals surface area contributed by atoms with E-state index in [0.717, 1.165) is 19.0 Å². The molecule has 1 aromatic rings. The first-order chi connectivity index (χ1) is 20.8. The number of pyridine rings is 1. The zero-order valence-electron chi connectivity index (χ0n) is 25.1. The predicted octanol–water partition coefficient (Wildman–Crippen LogP) is 2.79. The lowest BCUT2D eigenvalue weighted by atomic mass is 10.0. The van der Waals surface area contributed by atoms with Gasteiger partial charge in [0, 0.05) is 12.3 Å². The normalized spacial score (nSPS) is 28.2. The monoisotopic (exact) mass is 617 g/mol. The zero-order chi connectivity index (χ0) is 32.1. The number of carboxylic acid groups (broad SMARTS) is 1. The van der Waals surface area contributed by atoms with Crippen LogP contribution in [-0.4, -0.2) is 80.8 Å². The van der Waals surface area contributed by atoms with E-state index < -0.39 is 65.1 Å². The van der Waals surface area contributed by atoms with Crippen molar-refractivity contribution in [3.05, 3.63) is 42.0 Å². The van der Waals surface area contributed by atoms with Gasteiger partial charge in [-0.2, -0.15) is 0 Å². The van der Waals surface area contributed by atoms with Crippen molar-refractivity contribution in [2.45, 2.75) is 102 Å².